The topological polar surface area (TPSA) is 56.1 Å². The highest BCUT2D eigenvalue weighted by Gasteiger charge is 2.35. The van der Waals surface area contributed by atoms with Gasteiger partial charge in [-0.1, -0.05) is 35.9 Å². The van der Waals surface area contributed by atoms with E-state index in [2.05, 4.69) is 15.2 Å². The zero-order valence-corrected chi connectivity index (χ0v) is 18.6. The van der Waals surface area contributed by atoms with Gasteiger partial charge in [0, 0.05) is 18.2 Å². The summed E-state index contributed by atoms with van der Waals surface area (Å²) in [7, 11) is 0. The summed E-state index contributed by atoms with van der Waals surface area (Å²) >= 11 is 6.17. The standard InChI is InChI=1S/C24H14ClF6N3O2.H2/c25-18-3-1-2-4-19(18)34-20(13-21(33-34)23(26,27)28)14-5-7-15(8-6-14)22(35)32-16-9-11-17(12-10-16)36-24(29,30)31;/h1-13H,(H,32,35);1H. The number of ether oxygens (including phenoxy) is 1. The van der Waals surface area contributed by atoms with Crippen LogP contribution in [0.3, 0.4) is 0 Å². The Bertz CT molecular complexity index is 1390. The molecule has 0 aliphatic carbocycles. The predicted molar refractivity (Wildman–Crippen MR) is 122 cm³/mol. The fourth-order valence-electron chi connectivity index (χ4n) is 3.27. The molecule has 0 saturated carbocycles. The molecule has 1 amide bonds. The first-order valence-electron chi connectivity index (χ1n) is 10.1. The third kappa shape index (κ3) is 5.80. The SMILES string of the molecule is O=C(Nc1ccc(OC(F)(F)F)cc1)c1ccc(-c2cc(C(F)(F)F)nn2-c2ccccc2Cl)cc1.[HH]. The molecule has 5 nitrogen and oxygen atoms in total. The maximum atomic E-state index is 13.4. The number of para-hydroxylation sites is 1. The molecule has 0 spiro atoms. The van der Waals surface area contributed by atoms with E-state index in [4.69, 9.17) is 11.6 Å². The second kappa shape index (κ2) is 9.57. The lowest BCUT2D eigenvalue weighted by molar-refractivity contribution is -0.274. The third-order valence-electron chi connectivity index (χ3n) is 4.87. The lowest BCUT2D eigenvalue weighted by atomic mass is 10.1. The number of aromatic nitrogens is 2. The Morgan fingerprint density at radius 2 is 1.56 bits per heavy atom. The summed E-state index contributed by atoms with van der Waals surface area (Å²) in [5, 5.41) is 6.39. The van der Waals surface area contributed by atoms with Crippen LogP contribution in [0.4, 0.5) is 32.0 Å². The minimum absolute atomic E-state index is 0. The number of halogens is 7. The van der Waals surface area contributed by atoms with Crippen molar-refractivity contribution in [1.82, 2.24) is 9.78 Å². The first-order chi connectivity index (χ1) is 16.9. The molecule has 4 aromatic rings. The predicted octanol–water partition coefficient (Wildman–Crippen LogP) is 7.61. The van der Waals surface area contributed by atoms with Gasteiger partial charge in [-0.3, -0.25) is 4.79 Å². The molecule has 0 aliphatic heterocycles. The summed E-state index contributed by atoms with van der Waals surface area (Å²) < 4.78 is 81.8. The quantitative estimate of drug-likeness (QED) is 0.272. The Kier molecular flexibility index (Phi) is 6.68. The second-order valence-corrected chi connectivity index (χ2v) is 7.79. The number of carbonyl (C=O) groups is 1. The van der Waals surface area contributed by atoms with Crippen LogP contribution in [-0.2, 0) is 6.18 Å². The van der Waals surface area contributed by atoms with Crippen LogP contribution in [0.2, 0.25) is 5.02 Å². The van der Waals surface area contributed by atoms with E-state index < -0.39 is 29.9 Å². The van der Waals surface area contributed by atoms with Crippen molar-refractivity contribution in [3.05, 3.63) is 95.1 Å². The van der Waals surface area contributed by atoms with Crippen molar-refractivity contribution in [3.63, 3.8) is 0 Å². The van der Waals surface area contributed by atoms with Crippen molar-refractivity contribution < 1.29 is 37.3 Å². The van der Waals surface area contributed by atoms with E-state index in [1.807, 2.05) is 0 Å². The molecule has 0 unspecified atom stereocenters. The number of alkyl halides is 6. The Hall–Kier alpha value is -3.99. The molecule has 188 valence electrons. The Morgan fingerprint density at radius 3 is 2.14 bits per heavy atom. The van der Waals surface area contributed by atoms with Gasteiger partial charge in [0.05, 0.1) is 16.4 Å². The summed E-state index contributed by atoms with van der Waals surface area (Å²) in [5.74, 6) is -1.03. The smallest absolute Gasteiger partial charge is 0.406 e. The first-order valence-corrected chi connectivity index (χ1v) is 10.5. The summed E-state index contributed by atoms with van der Waals surface area (Å²) in [6.45, 7) is 0. The molecule has 0 radical (unpaired) electrons. The number of nitrogens with one attached hydrogen (secondary N) is 1. The van der Waals surface area contributed by atoms with Gasteiger partial charge in [0.25, 0.3) is 5.91 Å². The molecule has 1 heterocycles. The summed E-state index contributed by atoms with van der Waals surface area (Å²) in [5.41, 5.74) is -0.0631. The molecule has 36 heavy (non-hydrogen) atoms. The van der Waals surface area contributed by atoms with Gasteiger partial charge in [-0.05, 0) is 54.6 Å². The molecule has 0 atom stereocenters. The molecule has 3 aromatic carbocycles. The molecule has 0 bridgehead atoms. The number of rotatable bonds is 5. The van der Waals surface area contributed by atoms with E-state index in [9.17, 15) is 31.1 Å². The second-order valence-electron chi connectivity index (χ2n) is 7.38. The van der Waals surface area contributed by atoms with Crippen LogP contribution in [0.15, 0.2) is 78.9 Å². The average Bonchev–Trinajstić information content (AvgIpc) is 3.26. The minimum atomic E-state index is -4.84. The van der Waals surface area contributed by atoms with Crippen molar-refractivity contribution >= 4 is 23.2 Å². The van der Waals surface area contributed by atoms with E-state index in [0.29, 0.717) is 5.56 Å². The molecule has 12 heteroatoms. The number of amides is 1. The molecule has 0 saturated heterocycles. The maximum absolute atomic E-state index is 13.4. The zero-order chi connectivity index (χ0) is 26.1. The Balaban J connectivity index is 0.00000380. The average molecular weight is 528 g/mol. The molecule has 4 rings (SSSR count). The van der Waals surface area contributed by atoms with Gasteiger partial charge in [0.2, 0.25) is 0 Å². The fraction of sp³-hybridized carbons (Fsp3) is 0.0833. The van der Waals surface area contributed by atoms with E-state index in [0.717, 1.165) is 22.9 Å². The van der Waals surface area contributed by atoms with Crippen LogP contribution in [0.25, 0.3) is 16.9 Å². The summed E-state index contributed by atoms with van der Waals surface area (Å²) in [6.07, 6.45) is -9.53. The van der Waals surface area contributed by atoms with Crippen molar-refractivity contribution in [2.75, 3.05) is 5.32 Å². The van der Waals surface area contributed by atoms with Crippen molar-refractivity contribution in [2.45, 2.75) is 12.5 Å². The fourth-order valence-corrected chi connectivity index (χ4v) is 3.48. The number of hydrogen-bond acceptors (Lipinski definition) is 3. The zero-order valence-electron chi connectivity index (χ0n) is 17.9. The Morgan fingerprint density at radius 1 is 0.917 bits per heavy atom. The highest BCUT2D eigenvalue weighted by Crippen LogP contribution is 2.34. The number of hydrogen-bond donors (Lipinski definition) is 1. The minimum Gasteiger partial charge on any atom is -0.406 e. The van der Waals surface area contributed by atoms with Gasteiger partial charge in [0.15, 0.2) is 5.69 Å². The van der Waals surface area contributed by atoms with E-state index in [1.165, 1.54) is 48.5 Å². The van der Waals surface area contributed by atoms with Crippen molar-refractivity contribution in [1.29, 1.82) is 0 Å². The molecule has 1 aromatic heterocycles. The van der Waals surface area contributed by atoms with E-state index >= 15 is 0 Å². The van der Waals surface area contributed by atoms with Crippen molar-refractivity contribution in [2.24, 2.45) is 0 Å². The van der Waals surface area contributed by atoms with Gasteiger partial charge >= 0.3 is 12.5 Å². The van der Waals surface area contributed by atoms with Crippen LogP contribution in [0, 0.1) is 0 Å². The largest absolute Gasteiger partial charge is 0.573 e. The van der Waals surface area contributed by atoms with Gasteiger partial charge in [-0.15, -0.1) is 13.2 Å². The first kappa shape index (κ1) is 25.1. The number of benzene rings is 3. The van der Waals surface area contributed by atoms with Crippen LogP contribution in [0.5, 0.6) is 5.75 Å². The highest BCUT2D eigenvalue weighted by molar-refractivity contribution is 6.32. The summed E-state index contributed by atoms with van der Waals surface area (Å²) in [6, 6.07) is 17.4. The van der Waals surface area contributed by atoms with Crippen LogP contribution < -0.4 is 10.1 Å². The van der Waals surface area contributed by atoms with Gasteiger partial charge < -0.3 is 10.1 Å². The van der Waals surface area contributed by atoms with E-state index in [1.54, 1.807) is 12.1 Å². The molecule has 0 fully saturated rings. The highest BCUT2D eigenvalue weighted by atomic mass is 35.5. The number of anilines is 1. The molecular weight excluding hydrogens is 512 g/mol. The molecular formula is C24H16ClF6N3O2. The van der Waals surface area contributed by atoms with Crippen LogP contribution in [0.1, 0.15) is 17.5 Å². The maximum Gasteiger partial charge on any atom is 0.573 e. The molecule has 1 N–H and O–H groups in total. The van der Waals surface area contributed by atoms with Crippen LogP contribution >= 0.6 is 11.6 Å². The number of carbonyl (C=O) groups excluding carboxylic acids is 1. The molecule has 0 aliphatic rings. The van der Waals surface area contributed by atoms with Gasteiger partial charge in [-0.2, -0.15) is 18.3 Å². The monoisotopic (exact) mass is 527 g/mol. The normalized spacial score (nSPS) is 11.9. The summed E-state index contributed by atoms with van der Waals surface area (Å²) in [4.78, 5) is 12.5. The Labute approximate surface area is 206 Å². The van der Waals surface area contributed by atoms with Crippen LogP contribution in [-0.4, -0.2) is 22.1 Å². The van der Waals surface area contributed by atoms with Gasteiger partial charge in [-0.25, -0.2) is 4.68 Å². The number of nitrogens with zero attached hydrogens (tertiary/aromatic N) is 2. The lowest BCUT2D eigenvalue weighted by Gasteiger charge is -2.11. The lowest BCUT2D eigenvalue weighted by Crippen LogP contribution is -2.17. The van der Waals surface area contributed by atoms with Crippen molar-refractivity contribution in [3.8, 4) is 22.7 Å². The van der Waals surface area contributed by atoms with Gasteiger partial charge in [0.1, 0.15) is 5.75 Å². The van der Waals surface area contributed by atoms with E-state index in [-0.39, 0.29) is 29.1 Å². The third-order valence-corrected chi connectivity index (χ3v) is 5.19.